The quantitative estimate of drug-likeness (QED) is 0.504. The molecule has 0 heterocycles. The third-order valence-electron chi connectivity index (χ3n) is 3.25. The van der Waals surface area contributed by atoms with Gasteiger partial charge in [-0.1, -0.05) is 48.5 Å². The van der Waals surface area contributed by atoms with Crippen molar-refractivity contribution in [3.05, 3.63) is 60.2 Å². The van der Waals surface area contributed by atoms with Gasteiger partial charge >= 0.3 is 5.97 Å². The predicted molar refractivity (Wildman–Crippen MR) is 77.4 cm³/mol. The number of esters is 1. The van der Waals surface area contributed by atoms with Gasteiger partial charge in [0.25, 0.3) is 0 Å². The molecule has 0 aliphatic rings. The maximum absolute atomic E-state index is 12.3. The molecule has 0 fully saturated rings. The Bertz CT molecular complexity index is 705. The molecule has 94 valence electrons. The zero-order valence-electron chi connectivity index (χ0n) is 10.7. The molecule has 19 heavy (non-hydrogen) atoms. The van der Waals surface area contributed by atoms with Crippen LogP contribution in [0.5, 0.6) is 0 Å². The van der Waals surface area contributed by atoms with Gasteiger partial charge in [-0.2, -0.15) is 0 Å². The van der Waals surface area contributed by atoms with Crippen LogP contribution in [0.4, 0.5) is 0 Å². The highest BCUT2D eigenvalue weighted by molar-refractivity contribution is 6.16. The summed E-state index contributed by atoms with van der Waals surface area (Å²) in [5.41, 5.74) is 0.663. The van der Waals surface area contributed by atoms with Crippen molar-refractivity contribution in [3.8, 4) is 0 Å². The Morgan fingerprint density at radius 2 is 1.47 bits per heavy atom. The summed E-state index contributed by atoms with van der Waals surface area (Å²) in [7, 11) is 0. The van der Waals surface area contributed by atoms with E-state index in [1.807, 2.05) is 55.5 Å². The topological polar surface area (TPSA) is 26.3 Å². The summed E-state index contributed by atoms with van der Waals surface area (Å²) in [5.74, 6) is -0.254. The molecule has 0 N–H and O–H groups in total. The van der Waals surface area contributed by atoms with Gasteiger partial charge in [0.2, 0.25) is 0 Å². The highest BCUT2D eigenvalue weighted by Gasteiger charge is 2.15. The molecule has 3 aromatic rings. The number of ether oxygens (including phenoxy) is 1. The van der Waals surface area contributed by atoms with Crippen molar-refractivity contribution in [2.75, 3.05) is 6.61 Å². The van der Waals surface area contributed by atoms with Crippen molar-refractivity contribution < 1.29 is 9.53 Å². The number of carbonyl (C=O) groups is 1. The van der Waals surface area contributed by atoms with E-state index in [0.717, 1.165) is 21.5 Å². The molecule has 0 saturated carbocycles. The lowest BCUT2D eigenvalue weighted by Crippen LogP contribution is -2.06. The minimum atomic E-state index is -0.254. The molecule has 0 saturated heterocycles. The number of benzene rings is 3. The Labute approximate surface area is 111 Å². The number of rotatable bonds is 2. The lowest BCUT2D eigenvalue weighted by atomic mass is 9.97. The molecule has 3 rings (SSSR count). The number of fused-ring (bicyclic) bond motifs is 2. The van der Waals surface area contributed by atoms with E-state index in [2.05, 4.69) is 6.07 Å². The monoisotopic (exact) mass is 250 g/mol. The molecule has 0 aliphatic heterocycles. The van der Waals surface area contributed by atoms with Gasteiger partial charge in [-0.05, 0) is 34.5 Å². The third kappa shape index (κ3) is 1.95. The van der Waals surface area contributed by atoms with Crippen LogP contribution in [-0.4, -0.2) is 12.6 Å². The van der Waals surface area contributed by atoms with E-state index < -0.39 is 0 Å². The fourth-order valence-corrected chi connectivity index (χ4v) is 2.44. The minimum absolute atomic E-state index is 0.254. The van der Waals surface area contributed by atoms with Gasteiger partial charge in [0.1, 0.15) is 0 Å². The largest absolute Gasteiger partial charge is 0.462 e. The third-order valence-corrected chi connectivity index (χ3v) is 3.25. The van der Waals surface area contributed by atoms with Gasteiger partial charge in [-0.3, -0.25) is 0 Å². The average Bonchev–Trinajstić information content (AvgIpc) is 2.44. The van der Waals surface area contributed by atoms with Gasteiger partial charge in [-0.25, -0.2) is 4.79 Å². The van der Waals surface area contributed by atoms with Gasteiger partial charge < -0.3 is 4.74 Å². The summed E-state index contributed by atoms with van der Waals surface area (Å²) in [4.78, 5) is 12.3. The molecule has 3 aromatic carbocycles. The number of carbonyl (C=O) groups excluding carboxylic acids is 1. The predicted octanol–water partition coefficient (Wildman–Crippen LogP) is 4.17. The van der Waals surface area contributed by atoms with E-state index >= 15 is 0 Å². The van der Waals surface area contributed by atoms with Gasteiger partial charge in [0.05, 0.1) is 12.2 Å². The first-order chi connectivity index (χ1) is 9.31. The minimum Gasteiger partial charge on any atom is -0.462 e. The Balaban J connectivity index is 2.43. The maximum atomic E-state index is 12.3. The fraction of sp³-hybridized carbons (Fsp3) is 0.118. The standard InChI is InChI=1S/C17H14O2/c1-2-19-17(18)16-14-9-5-3-7-12(14)11-13-8-4-6-10-15(13)16/h3-11H,2H2,1H3. The number of hydrogen-bond acceptors (Lipinski definition) is 2. The zero-order chi connectivity index (χ0) is 13.2. The van der Waals surface area contributed by atoms with Crippen molar-refractivity contribution in [1.29, 1.82) is 0 Å². The SMILES string of the molecule is CCOC(=O)c1c2ccccc2cc2ccccc12. The van der Waals surface area contributed by atoms with E-state index in [4.69, 9.17) is 4.74 Å². The molecule has 0 bridgehead atoms. The number of hydrogen-bond donors (Lipinski definition) is 0. The van der Waals surface area contributed by atoms with Gasteiger partial charge in [0, 0.05) is 0 Å². The molecule has 0 unspecified atom stereocenters. The maximum Gasteiger partial charge on any atom is 0.339 e. The van der Waals surface area contributed by atoms with Crippen LogP contribution in [0.2, 0.25) is 0 Å². The van der Waals surface area contributed by atoms with Crippen molar-refractivity contribution in [1.82, 2.24) is 0 Å². The van der Waals surface area contributed by atoms with Gasteiger partial charge in [-0.15, -0.1) is 0 Å². The van der Waals surface area contributed by atoms with Crippen molar-refractivity contribution >= 4 is 27.5 Å². The smallest absolute Gasteiger partial charge is 0.339 e. The molecular weight excluding hydrogens is 236 g/mol. The molecule has 0 aromatic heterocycles. The van der Waals surface area contributed by atoms with Crippen LogP contribution < -0.4 is 0 Å². The zero-order valence-corrected chi connectivity index (χ0v) is 10.7. The van der Waals surface area contributed by atoms with Crippen molar-refractivity contribution in [3.63, 3.8) is 0 Å². The summed E-state index contributed by atoms with van der Waals surface area (Å²) in [6.07, 6.45) is 0. The van der Waals surface area contributed by atoms with Crippen LogP contribution in [-0.2, 0) is 4.74 Å². The highest BCUT2D eigenvalue weighted by Crippen LogP contribution is 2.28. The Hall–Kier alpha value is -2.35. The van der Waals surface area contributed by atoms with Crippen LogP contribution in [0, 0.1) is 0 Å². The normalized spacial score (nSPS) is 10.8. The van der Waals surface area contributed by atoms with E-state index in [-0.39, 0.29) is 5.97 Å². The first-order valence-corrected chi connectivity index (χ1v) is 6.39. The molecule has 0 amide bonds. The van der Waals surface area contributed by atoms with E-state index in [1.165, 1.54) is 0 Å². The summed E-state index contributed by atoms with van der Waals surface area (Å²) in [6.45, 7) is 2.21. The van der Waals surface area contributed by atoms with E-state index in [0.29, 0.717) is 12.2 Å². The Morgan fingerprint density at radius 3 is 2.00 bits per heavy atom. The molecule has 2 heteroatoms. The van der Waals surface area contributed by atoms with Crippen molar-refractivity contribution in [2.45, 2.75) is 6.92 Å². The molecular formula is C17H14O2. The second-order valence-corrected chi connectivity index (χ2v) is 4.41. The summed E-state index contributed by atoms with van der Waals surface area (Å²) >= 11 is 0. The molecule has 0 atom stereocenters. The van der Waals surface area contributed by atoms with E-state index in [9.17, 15) is 4.79 Å². The Kier molecular flexibility index (Phi) is 2.92. The summed E-state index contributed by atoms with van der Waals surface area (Å²) < 4.78 is 5.21. The molecule has 0 spiro atoms. The van der Waals surface area contributed by atoms with E-state index in [1.54, 1.807) is 0 Å². The molecule has 0 aliphatic carbocycles. The van der Waals surface area contributed by atoms with Crippen LogP contribution in [0.15, 0.2) is 54.6 Å². The Morgan fingerprint density at radius 1 is 0.947 bits per heavy atom. The van der Waals surface area contributed by atoms with Crippen LogP contribution >= 0.6 is 0 Å². The van der Waals surface area contributed by atoms with Crippen LogP contribution in [0.3, 0.4) is 0 Å². The molecule has 2 nitrogen and oxygen atoms in total. The second kappa shape index (κ2) is 4.73. The van der Waals surface area contributed by atoms with Crippen LogP contribution in [0.25, 0.3) is 21.5 Å². The second-order valence-electron chi connectivity index (χ2n) is 4.41. The van der Waals surface area contributed by atoms with Crippen LogP contribution in [0.1, 0.15) is 17.3 Å². The fourth-order valence-electron chi connectivity index (χ4n) is 2.44. The molecule has 0 radical (unpaired) electrons. The summed E-state index contributed by atoms with van der Waals surface area (Å²) in [6, 6.07) is 17.9. The highest BCUT2D eigenvalue weighted by atomic mass is 16.5. The summed E-state index contributed by atoms with van der Waals surface area (Å²) in [5, 5.41) is 4.01. The van der Waals surface area contributed by atoms with Crippen molar-refractivity contribution in [2.24, 2.45) is 0 Å². The first-order valence-electron chi connectivity index (χ1n) is 6.39. The first kappa shape index (κ1) is 11.7. The lowest BCUT2D eigenvalue weighted by Gasteiger charge is -2.10. The van der Waals surface area contributed by atoms with Gasteiger partial charge in [0.15, 0.2) is 0 Å². The average molecular weight is 250 g/mol. The lowest BCUT2D eigenvalue weighted by molar-refractivity contribution is 0.0531.